The van der Waals surface area contributed by atoms with Crippen molar-refractivity contribution in [3.63, 3.8) is 0 Å². The fourth-order valence-electron chi connectivity index (χ4n) is 4.10. The van der Waals surface area contributed by atoms with Gasteiger partial charge in [0, 0.05) is 37.5 Å². The van der Waals surface area contributed by atoms with E-state index in [2.05, 4.69) is 10.1 Å². The van der Waals surface area contributed by atoms with Crippen LogP contribution >= 0.6 is 0 Å². The molecule has 2 saturated heterocycles. The van der Waals surface area contributed by atoms with Gasteiger partial charge in [-0.05, 0) is 37.5 Å². The first-order valence-corrected chi connectivity index (χ1v) is 10.2. The number of morpholine rings is 1. The van der Waals surface area contributed by atoms with Crippen molar-refractivity contribution >= 4 is 22.7 Å². The van der Waals surface area contributed by atoms with Gasteiger partial charge in [0.15, 0.2) is 6.23 Å². The maximum absolute atomic E-state index is 12.0. The largest absolute Gasteiger partial charge is 1.00 e. The van der Waals surface area contributed by atoms with Crippen LogP contribution in [0.1, 0.15) is 37.3 Å². The Kier molecular flexibility index (Phi) is 7.37. The molecule has 10 heteroatoms. The van der Waals surface area contributed by atoms with E-state index in [0.29, 0.717) is 55.3 Å². The molecule has 5 heterocycles. The number of carboxylic acid groups (broad SMARTS) is 1. The molecule has 0 saturated carbocycles. The number of ether oxygens (including phenoxy) is 2. The first kappa shape index (κ1) is 22.8. The Morgan fingerprint density at radius 1 is 1.16 bits per heavy atom. The van der Waals surface area contributed by atoms with E-state index >= 15 is 0 Å². The summed E-state index contributed by atoms with van der Waals surface area (Å²) in [6, 6.07) is 5.22. The smallest absolute Gasteiger partial charge is 1.00 e. The number of hydrogen-bond donors (Lipinski definition) is 1. The number of nitrogens with zero attached hydrogens (tertiary/aromatic N) is 5. The van der Waals surface area contributed by atoms with Gasteiger partial charge in [0.2, 0.25) is 0 Å². The van der Waals surface area contributed by atoms with Crippen molar-refractivity contribution < 1.29 is 72.2 Å². The minimum absolute atomic E-state index is 0. The van der Waals surface area contributed by atoms with Crippen LogP contribution in [0.2, 0.25) is 0 Å². The van der Waals surface area contributed by atoms with E-state index in [0.717, 1.165) is 25.0 Å². The standard InChI is InChI=1S/C21H23N5O4.K.H/c27-21(28)15-13-17(25-8-11-29-12-9-25)24-19-14(15)4-6-22-20(19)16-5-7-23-26(16)18-3-1-2-10-30-18;;/h4-7,13,18H,1-3,8-12H2,(H,27,28);;/q;+1;-1. The SMILES string of the molecule is O=C(O)c1cc(N2CCOCC2)nc2c(-c3ccnn3C3CCCCO3)nccc12.[H-].[K+]. The van der Waals surface area contributed by atoms with Crippen LogP contribution in [0.25, 0.3) is 22.3 Å². The van der Waals surface area contributed by atoms with Crippen LogP contribution < -0.4 is 56.3 Å². The number of hydrogen-bond acceptors (Lipinski definition) is 7. The van der Waals surface area contributed by atoms with Gasteiger partial charge in [-0.15, -0.1) is 0 Å². The number of fused-ring (bicyclic) bond motifs is 1. The number of rotatable bonds is 4. The van der Waals surface area contributed by atoms with E-state index in [1.165, 1.54) is 0 Å². The van der Waals surface area contributed by atoms with Crippen molar-refractivity contribution in [2.75, 3.05) is 37.8 Å². The topological polar surface area (TPSA) is 103 Å². The van der Waals surface area contributed by atoms with Gasteiger partial charge in [-0.2, -0.15) is 5.10 Å². The summed E-state index contributed by atoms with van der Waals surface area (Å²) in [6.07, 6.45) is 6.20. The molecule has 3 aromatic heterocycles. The van der Waals surface area contributed by atoms with Crippen LogP contribution in [0.15, 0.2) is 30.6 Å². The molecular weight excluding hydrogens is 425 g/mol. The van der Waals surface area contributed by atoms with Gasteiger partial charge in [-0.1, -0.05) is 0 Å². The summed E-state index contributed by atoms with van der Waals surface area (Å²) < 4.78 is 13.2. The van der Waals surface area contributed by atoms with Gasteiger partial charge in [0.25, 0.3) is 0 Å². The zero-order chi connectivity index (χ0) is 20.5. The molecule has 0 spiro atoms. The second-order valence-electron chi connectivity index (χ2n) is 7.47. The molecule has 0 aliphatic carbocycles. The van der Waals surface area contributed by atoms with Crippen molar-refractivity contribution in [2.24, 2.45) is 0 Å². The Hall–Kier alpha value is -1.40. The Bertz CT molecular complexity index is 1080. The molecular formula is C21H24KN5O4. The third-order valence-corrected chi connectivity index (χ3v) is 5.62. The number of carboxylic acids is 1. The molecule has 158 valence electrons. The van der Waals surface area contributed by atoms with Gasteiger partial charge in [0.05, 0.1) is 24.5 Å². The van der Waals surface area contributed by atoms with Crippen molar-refractivity contribution in [3.8, 4) is 11.4 Å². The maximum Gasteiger partial charge on any atom is 1.00 e. The summed E-state index contributed by atoms with van der Waals surface area (Å²) >= 11 is 0. The van der Waals surface area contributed by atoms with Gasteiger partial charge in [-0.3, -0.25) is 4.98 Å². The van der Waals surface area contributed by atoms with E-state index in [1.807, 2.05) is 15.6 Å². The number of carbonyl (C=O) groups is 1. The van der Waals surface area contributed by atoms with E-state index in [-0.39, 0.29) is 64.6 Å². The van der Waals surface area contributed by atoms with Crippen LogP contribution in [0, 0.1) is 0 Å². The van der Waals surface area contributed by atoms with Gasteiger partial charge >= 0.3 is 57.4 Å². The molecule has 3 aromatic rings. The van der Waals surface area contributed by atoms with Gasteiger partial charge < -0.3 is 20.9 Å². The van der Waals surface area contributed by atoms with Crippen LogP contribution in [-0.2, 0) is 9.47 Å². The van der Waals surface area contributed by atoms with Crippen molar-refractivity contribution in [1.29, 1.82) is 0 Å². The molecule has 0 radical (unpaired) electrons. The molecule has 0 amide bonds. The molecule has 9 nitrogen and oxygen atoms in total. The number of aromatic carboxylic acids is 1. The molecule has 0 aromatic carbocycles. The van der Waals surface area contributed by atoms with Gasteiger partial charge in [0.1, 0.15) is 17.0 Å². The van der Waals surface area contributed by atoms with E-state index in [9.17, 15) is 9.90 Å². The molecule has 1 unspecified atom stereocenters. The van der Waals surface area contributed by atoms with Gasteiger partial charge in [-0.25, -0.2) is 14.5 Å². The van der Waals surface area contributed by atoms with E-state index in [1.54, 1.807) is 24.5 Å². The first-order valence-electron chi connectivity index (χ1n) is 10.2. The molecule has 5 rings (SSSR count). The normalized spacial score (nSPS) is 19.2. The minimum Gasteiger partial charge on any atom is -1.00 e. The quantitative estimate of drug-likeness (QED) is 0.549. The average molecular weight is 450 g/mol. The summed E-state index contributed by atoms with van der Waals surface area (Å²) in [5.41, 5.74) is 2.15. The summed E-state index contributed by atoms with van der Waals surface area (Å²) in [5.74, 6) is -0.365. The summed E-state index contributed by atoms with van der Waals surface area (Å²) in [4.78, 5) is 23.5. The van der Waals surface area contributed by atoms with Crippen molar-refractivity contribution in [3.05, 3.63) is 36.2 Å². The molecule has 31 heavy (non-hydrogen) atoms. The predicted molar refractivity (Wildman–Crippen MR) is 111 cm³/mol. The van der Waals surface area contributed by atoms with Crippen LogP contribution in [0.4, 0.5) is 5.82 Å². The molecule has 2 aliphatic rings. The minimum atomic E-state index is -0.988. The monoisotopic (exact) mass is 449 g/mol. The Labute approximate surface area is 223 Å². The number of pyridine rings is 2. The van der Waals surface area contributed by atoms with Crippen LogP contribution in [0.5, 0.6) is 0 Å². The first-order chi connectivity index (χ1) is 14.7. The Morgan fingerprint density at radius 3 is 2.74 bits per heavy atom. The third-order valence-electron chi connectivity index (χ3n) is 5.62. The third kappa shape index (κ3) is 4.56. The maximum atomic E-state index is 12.0. The van der Waals surface area contributed by atoms with Crippen LogP contribution in [0.3, 0.4) is 0 Å². The predicted octanol–water partition coefficient (Wildman–Crippen LogP) is -0.156. The van der Waals surface area contributed by atoms with Crippen LogP contribution in [-0.4, -0.2) is 63.7 Å². The Morgan fingerprint density at radius 2 is 2.00 bits per heavy atom. The molecule has 2 fully saturated rings. The fraction of sp³-hybridized carbons (Fsp3) is 0.429. The van der Waals surface area contributed by atoms with E-state index < -0.39 is 5.97 Å². The van der Waals surface area contributed by atoms with Crippen molar-refractivity contribution in [2.45, 2.75) is 25.5 Å². The average Bonchev–Trinajstić information content (AvgIpc) is 3.29. The fourth-order valence-corrected chi connectivity index (χ4v) is 4.10. The Balaban J connectivity index is 0.00000144. The molecule has 0 bridgehead atoms. The molecule has 1 N–H and O–H groups in total. The van der Waals surface area contributed by atoms with Crippen molar-refractivity contribution in [1.82, 2.24) is 19.7 Å². The zero-order valence-corrected chi connectivity index (χ0v) is 20.7. The second-order valence-corrected chi connectivity index (χ2v) is 7.47. The zero-order valence-electron chi connectivity index (χ0n) is 18.5. The number of aromatic nitrogens is 4. The number of anilines is 1. The van der Waals surface area contributed by atoms with E-state index in [4.69, 9.17) is 14.5 Å². The summed E-state index contributed by atoms with van der Waals surface area (Å²) in [7, 11) is 0. The molecule has 2 aliphatic heterocycles. The summed E-state index contributed by atoms with van der Waals surface area (Å²) in [5, 5.41) is 14.9. The molecule has 1 atom stereocenters. The second kappa shape index (κ2) is 10.0. The summed E-state index contributed by atoms with van der Waals surface area (Å²) in [6.45, 7) is 3.22.